The zero-order valence-corrected chi connectivity index (χ0v) is 11.6. The summed E-state index contributed by atoms with van der Waals surface area (Å²) in [6.07, 6.45) is 1.74. The third-order valence-corrected chi connectivity index (χ3v) is 6.97. The summed E-state index contributed by atoms with van der Waals surface area (Å²) in [6.45, 7) is 3.51. The zero-order valence-electron chi connectivity index (χ0n) is 9.80. The molecule has 1 heterocycles. The first kappa shape index (κ1) is 15.3. The first-order chi connectivity index (χ1) is 7.53. The standard InChI is InChI=1S/C8H19NO6P2/c1-6-3-4-7(2)9(6)5-8(16(10,11)12)17(13,14)15/h6-8H,3-5H2,1-2H3,(H2,10,11,12)(H2,13,14,15). The largest absolute Gasteiger partial charge is 0.342 e. The lowest BCUT2D eigenvalue weighted by molar-refractivity contribution is 0.209. The Morgan fingerprint density at radius 2 is 1.41 bits per heavy atom. The van der Waals surface area contributed by atoms with E-state index in [0.29, 0.717) is 0 Å². The van der Waals surface area contributed by atoms with Crippen LogP contribution in [0.1, 0.15) is 26.7 Å². The van der Waals surface area contributed by atoms with E-state index in [2.05, 4.69) is 0 Å². The Kier molecular flexibility index (Phi) is 4.59. The molecular formula is C8H19NO6P2. The highest BCUT2D eigenvalue weighted by molar-refractivity contribution is 7.70. The van der Waals surface area contributed by atoms with Crippen molar-refractivity contribution in [1.82, 2.24) is 4.90 Å². The molecule has 0 aromatic heterocycles. The third-order valence-electron chi connectivity index (χ3n) is 3.29. The predicted molar refractivity (Wildman–Crippen MR) is 62.7 cm³/mol. The molecule has 1 fully saturated rings. The van der Waals surface area contributed by atoms with Crippen molar-refractivity contribution in [3.63, 3.8) is 0 Å². The minimum atomic E-state index is -4.81. The normalized spacial score (nSPS) is 27.9. The van der Waals surface area contributed by atoms with Crippen LogP contribution in [0.15, 0.2) is 0 Å². The van der Waals surface area contributed by atoms with Crippen molar-refractivity contribution in [3.8, 4) is 0 Å². The lowest BCUT2D eigenvalue weighted by atomic mass is 10.2. The maximum absolute atomic E-state index is 11.2. The Bertz CT molecular complexity index is 331. The van der Waals surface area contributed by atoms with Gasteiger partial charge in [-0.15, -0.1) is 0 Å². The van der Waals surface area contributed by atoms with Crippen molar-refractivity contribution >= 4 is 15.2 Å². The molecule has 2 atom stereocenters. The van der Waals surface area contributed by atoms with Crippen LogP contribution < -0.4 is 0 Å². The molecule has 1 aliphatic heterocycles. The molecule has 9 heteroatoms. The van der Waals surface area contributed by atoms with Crippen LogP contribution in [0.2, 0.25) is 0 Å². The molecule has 17 heavy (non-hydrogen) atoms. The summed E-state index contributed by atoms with van der Waals surface area (Å²) >= 11 is 0. The van der Waals surface area contributed by atoms with Crippen molar-refractivity contribution in [1.29, 1.82) is 0 Å². The van der Waals surface area contributed by atoms with Gasteiger partial charge in [-0.2, -0.15) is 0 Å². The van der Waals surface area contributed by atoms with Gasteiger partial charge >= 0.3 is 15.2 Å². The second-order valence-corrected chi connectivity index (χ2v) is 8.64. The van der Waals surface area contributed by atoms with Crippen molar-refractivity contribution < 1.29 is 28.7 Å². The fourth-order valence-corrected chi connectivity index (χ4v) is 4.58. The van der Waals surface area contributed by atoms with Crippen LogP contribution in [-0.4, -0.2) is 48.5 Å². The molecule has 0 aromatic carbocycles. The molecule has 1 aliphatic rings. The van der Waals surface area contributed by atoms with Crippen LogP contribution in [0.5, 0.6) is 0 Å². The number of hydrogen-bond donors (Lipinski definition) is 4. The summed E-state index contributed by atoms with van der Waals surface area (Å²) in [4.78, 5) is 37.9. The van der Waals surface area contributed by atoms with E-state index < -0.39 is 20.6 Å². The van der Waals surface area contributed by atoms with Gasteiger partial charge in [-0.25, -0.2) is 0 Å². The molecule has 4 N–H and O–H groups in total. The zero-order chi connectivity index (χ0) is 13.4. The molecule has 0 aliphatic carbocycles. The van der Waals surface area contributed by atoms with E-state index in [4.69, 9.17) is 19.6 Å². The Balaban J connectivity index is 2.88. The van der Waals surface area contributed by atoms with Gasteiger partial charge < -0.3 is 19.6 Å². The molecular weight excluding hydrogens is 268 g/mol. The summed E-state index contributed by atoms with van der Waals surface area (Å²) < 4.78 is 22.3. The van der Waals surface area contributed by atoms with Gasteiger partial charge in [-0.1, -0.05) is 0 Å². The van der Waals surface area contributed by atoms with Gasteiger partial charge in [-0.05, 0) is 26.7 Å². The van der Waals surface area contributed by atoms with Gasteiger partial charge in [0.25, 0.3) is 0 Å². The minimum Gasteiger partial charge on any atom is -0.324 e. The summed E-state index contributed by atoms with van der Waals surface area (Å²) in [6, 6.07) is 0.177. The highest BCUT2D eigenvalue weighted by Crippen LogP contribution is 2.60. The van der Waals surface area contributed by atoms with Crippen molar-refractivity contribution in [3.05, 3.63) is 0 Å². The van der Waals surface area contributed by atoms with Gasteiger partial charge in [0.15, 0.2) is 5.40 Å². The van der Waals surface area contributed by atoms with Crippen LogP contribution in [0.3, 0.4) is 0 Å². The van der Waals surface area contributed by atoms with E-state index in [1.165, 1.54) is 0 Å². The Morgan fingerprint density at radius 1 is 1.06 bits per heavy atom. The first-order valence-corrected chi connectivity index (χ1v) is 8.76. The van der Waals surface area contributed by atoms with Crippen LogP contribution in [0.25, 0.3) is 0 Å². The molecule has 7 nitrogen and oxygen atoms in total. The third kappa shape index (κ3) is 3.86. The molecule has 0 bridgehead atoms. The quantitative estimate of drug-likeness (QED) is 0.557. The number of hydrogen-bond acceptors (Lipinski definition) is 3. The average Bonchev–Trinajstić information content (AvgIpc) is 2.39. The monoisotopic (exact) mass is 287 g/mol. The summed E-state index contributed by atoms with van der Waals surface area (Å²) in [5.41, 5.74) is 0. The highest BCUT2D eigenvalue weighted by Gasteiger charge is 2.46. The molecule has 0 radical (unpaired) electrons. The molecule has 2 unspecified atom stereocenters. The lowest BCUT2D eigenvalue weighted by Crippen LogP contribution is -2.38. The van der Waals surface area contributed by atoms with Crippen molar-refractivity contribution in [2.45, 2.75) is 44.2 Å². The van der Waals surface area contributed by atoms with Crippen LogP contribution in [0, 0.1) is 0 Å². The Hall–Kier alpha value is 0.260. The molecule has 0 amide bonds. The van der Waals surface area contributed by atoms with Gasteiger partial charge in [0.1, 0.15) is 0 Å². The molecule has 0 spiro atoms. The predicted octanol–water partition coefficient (Wildman–Crippen LogP) is 0.541. The molecule has 0 saturated carbocycles. The highest BCUT2D eigenvalue weighted by atomic mass is 31.2. The molecule has 1 rings (SSSR count). The van der Waals surface area contributed by atoms with Gasteiger partial charge in [-0.3, -0.25) is 14.0 Å². The van der Waals surface area contributed by atoms with Gasteiger partial charge in [0, 0.05) is 18.6 Å². The summed E-state index contributed by atoms with van der Waals surface area (Å²) in [7, 11) is -9.62. The molecule has 102 valence electrons. The smallest absolute Gasteiger partial charge is 0.324 e. The maximum atomic E-state index is 11.2. The van der Waals surface area contributed by atoms with Gasteiger partial charge in [0.2, 0.25) is 0 Å². The van der Waals surface area contributed by atoms with E-state index in [9.17, 15) is 9.13 Å². The second kappa shape index (κ2) is 5.10. The number of likely N-dealkylation sites (tertiary alicyclic amines) is 1. The minimum absolute atomic E-state index is 0.0885. The Morgan fingerprint density at radius 3 is 1.71 bits per heavy atom. The van der Waals surface area contributed by atoms with E-state index in [0.717, 1.165) is 12.8 Å². The Labute approximate surface area is 100 Å². The van der Waals surface area contributed by atoms with E-state index in [-0.39, 0.29) is 18.6 Å². The summed E-state index contributed by atoms with van der Waals surface area (Å²) in [5.74, 6) is 0. The van der Waals surface area contributed by atoms with E-state index in [1.807, 2.05) is 13.8 Å². The van der Waals surface area contributed by atoms with Crippen LogP contribution >= 0.6 is 15.2 Å². The van der Waals surface area contributed by atoms with E-state index >= 15 is 0 Å². The fourth-order valence-electron chi connectivity index (χ4n) is 2.21. The number of nitrogens with zero attached hydrogens (tertiary/aromatic N) is 1. The fraction of sp³-hybridized carbons (Fsp3) is 1.00. The second-order valence-electron chi connectivity index (χ2n) is 4.63. The first-order valence-electron chi connectivity index (χ1n) is 5.39. The van der Waals surface area contributed by atoms with Crippen molar-refractivity contribution in [2.75, 3.05) is 6.54 Å². The lowest BCUT2D eigenvalue weighted by Gasteiger charge is -2.30. The van der Waals surface area contributed by atoms with Crippen LogP contribution in [0.4, 0.5) is 0 Å². The SMILES string of the molecule is CC1CCC(C)N1CC(P(=O)(O)O)P(=O)(O)O. The van der Waals surface area contributed by atoms with Crippen LogP contribution in [-0.2, 0) is 9.13 Å². The number of rotatable bonds is 4. The maximum Gasteiger partial charge on any atom is 0.342 e. The van der Waals surface area contributed by atoms with Crippen molar-refractivity contribution in [2.24, 2.45) is 0 Å². The summed E-state index contributed by atoms with van der Waals surface area (Å²) in [5, 5.41) is -1.92. The van der Waals surface area contributed by atoms with Gasteiger partial charge in [0.05, 0.1) is 0 Å². The average molecular weight is 287 g/mol. The van der Waals surface area contributed by atoms with E-state index in [1.54, 1.807) is 4.90 Å². The molecule has 1 saturated heterocycles. The molecule has 0 aromatic rings. The topological polar surface area (TPSA) is 118 Å².